The van der Waals surface area contributed by atoms with Gasteiger partial charge in [-0.3, -0.25) is 0 Å². The number of carbonyl (C=O) groups is 1. The summed E-state index contributed by atoms with van der Waals surface area (Å²) >= 11 is 12.1. The minimum atomic E-state index is -1.04. The van der Waals surface area contributed by atoms with Crippen LogP contribution in [-0.2, 0) is 11.2 Å². The number of benzene rings is 2. The number of ether oxygens (including phenoxy) is 1. The molecule has 23 heavy (non-hydrogen) atoms. The van der Waals surface area contributed by atoms with E-state index in [1.165, 1.54) is 0 Å². The highest BCUT2D eigenvalue weighted by atomic mass is 35.5. The minimum Gasteiger partial charge on any atom is -0.478 e. The standard InChI is InChI=1S/C18H18Cl2O3/c1-10-7-11(2)12(3)15(8-10)23-16(18(21)22)9-13-5-4-6-14(19)17(13)20/h4-8,16H,9H2,1-3H3,(H,21,22). The Kier molecular flexibility index (Phi) is 5.55. The Morgan fingerprint density at radius 3 is 2.57 bits per heavy atom. The Balaban J connectivity index is 2.30. The number of carboxylic acid groups (broad SMARTS) is 1. The van der Waals surface area contributed by atoms with E-state index in [0.717, 1.165) is 16.7 Å². The fourth-order valence-corrected chi connectivity index (χ4v) is 2.76. The van der Waals surface area contributed by atoms with Gasteiger partial charge in [0.05, 0.1) is 10.0 Å². The van der Waals surface area contributed by atoms with Gasteiger partial charge in [0.1, 0.15) is 5.75 Å². The molecule has 0 saturated carbocycles. The van der Waals surface area contributed by atoms with Gasteiger partial charge in [0, 0.05) is 6.42 Å². The lowest BCUT2D eigenvalue weighted by Crippen LogP contribution is -2.30. The zero-order chi connectivity index (χ0) is 17.1. The van der Waals surface area contributed by atoms with Crippen molar-refractivity contribution in [2.75, 3.05) is 0 Å². The molecule has 1 N–H and O–H groups in total. The molecular weight excluding hydrogens is 335 g/mol. The molecule has 0 aromatic heterocycles. The van der Waals surface area contributed by atoms with Gasteiger partial charge in [-0.15, -0.1) is 0 Å². The molecule has 0 aliphatic rings. The van der Waals surface area contributed by atoms with Crippen molar-refractivity contribution in [3.05, 3.63) is 62.6 Å². The van der Waals surface area contributed by atoms with E-state index in [0.29, 0.717) is 21.4 Å². The van der Waals surface area contributed by atoms with Crippen LogP contribution in [0.25, 0.3) is 0 Å². The van der Waals surface area contributed by atoms with Gasteiger partial charge in [-0.2, -0.15) is 0 Å². The van der Waals surface area contributed by atoms with E-state index in [1.54, 1.807) is 18.2 Å². The van der Waals surface area contributed by atoms with Gasteiger partial charge in [-0.05, 0) is 55.2 Å². The fourth-order valence-electron chi connectivity index (χ4n) is 2.36. The van der Waals surface area contributed by atoms with Crippen molar-refractivity contribution in [1.29, 1.82) is 0 Å². The van der Waals surface area contributed by atoms with Gasteiger partial charge in [0.15, 0.2) is 6.10 Å². The highest BCUT2D eigenvalue weighted by molar-refractivity contribution is 6.42. The molecule has 2 aromatic carbocycles. The molecule has 3 nitrogen and oxygen atoms in total. The number of rotatable bonds is 5. The third-order valence-electron chi connectivity index (χ3n) is 3.75. The molecule has 0 bridgehead atoms. The lowest BCUT2D eigenvalue weighted by Gasteiger charge is -2.19. The molecule has 0 spiro atoms. The van der Waals surface area contributed by atoms with Crippen LogP contribution in [0.3, 0.4) is 0 Å². The van der Waals surface area contributed by atoms with Crippen molar-refractivity contribution in [3.8, 4) is 5.75 Å². The van der Waals surface area contributed by atoms with Crippen LogP contribution in [0.2, 0.25) is 10.0 Å². The van der Waals surface area contributed by atoms with Crippen LogP contribution in [0, 0.1) is 20.8 Å². The van der Waals surface area contributed by atoms with Crippen molar-refractivity contribution >= 4 is 29.2 Å². The van der Waals surface area contributed by atoms with Crippen LogP contribution in [0.5, 0.6) is 5.75 Å². The third kappa shape index (κ3) is 4.18. The molecule has 0 saturated heterocycles. The van der Waals surface area contributed by atoms with Crippen LogP contribution in [0.15, 0.2) is 30.3 Å². The maximum atomic E-state index is 11.6. The highest BCUT2D eigenvalue weighted by Crippen LogP contribution is 2.29. The molecule has 0 aliphatic carbocycles. The average Bonchev–Trinajstić information content (AvgIpc) is 2.47. The smallest absolute Gasteiger partial charge is 0.345 e. The van der Waals surface area contributed by atoms with Gasteiger partial charge < -0.3 is 9.84 Å². The minimum absolute atomic E-state index is 0.140. The van der Waals surface area contributed by atoms with E-state index in [2.05, 4.69) is 0 Å². The molecule has 0 aliphatic heterocycles. The number of aryl methyl sites for hydroxylation is 2. The van der Waals surface area contributed by atoms with Crippen molar-refractivity contribution in [2.24, 2.45) is 0 Å². The van der Waals surface area contributed by atoms with Crippen molar-refractivity contribution in [1.82, 2.24) is 0 Å². The summed E-state index contributed by atoms with van der Waals surface area (Å²) in [5.74, 6) is -0.465. The fraction of sp³-hybridized carbons (Fsp3) is 0.278. The maximum Gasteiger partial charge on any atom is 0.345 e. The monoisotopic (exact) mass is 352 g/mol. The van der Waals surface area contributed by atoms with E-state index in [4.69, 9.17) is 27.9 Å². The molecule has 0 fully saturated rings. The van der Waals surface area contributed by atoms with Crippen LogP contribution >= 0.6 is 23.2 Å². The summed E-state index contributed by atoms with van der Waals surface area (Å²) in [6, 6.07) is 9.04. The quantitative estimate of drug-likeness (QED) is 0.823. The predicted molar refractivity (Wildman–Crippen MR) is 92.9 cm³/mol. The van der Waals surface area contributed by atoms with Gasteiger partial charge in [0.2, 0.25) is 0 Å². The number of hydrogen-bond acceptors (Lipinski definition) is 2. The van der Waals surface area contributed by atoms with Crippen molar-refractivity contribution in [3.63, 3.8) is 0 Å². The molecule has 1 unspecified atom stereocenters. The number of aliphatic carboxylic acids is 1. The molecule has 1 atom stereocenters. The molecule has 0 amide bonds. The van der Waals surface area contributed by atoms with Crippen LogP contribution < -0.4 is 4.74 Å². The molecular formula is C18H18Cl2O3. The second-order valence-corrected chi connectivity index (χ2v) is 6.35. The molecule has 2 aromatic rings. The summed E-state index contributed by atoms with van der Waals surface area (Å²) in [7, 11) is 0. The van der Waals surface area contributed by atoms with Crippen LogP contribution in [0.4, 0.5) is 0 Å². The van der Waals surface area contributed by atoms with Crippen LogP contribution in [0.1, 0.15) is 22.3 Å². The number of hydrogen-bond donors (Lipinski definition) is 1. The van der Waals surface area contributed by atoms with Crippen molar-refractivity contribution < 1.29 is 14.6 Å². The number of halogens is 2. The van der Waals surface area contributed by atoms with E-state index in [1.807, 2.05) is 32.9 Å². The molecule has 5 heteroatoms. The third-order valence-corrected chi connectivity index (χ3v) is 4.60. The Bertz CT molecular complexity index is 741. The van der Waals surface area contributed by atoms with E-state index >= 15 is 0 Å². The predicted octanol–water partition coefficient (Wildman–Crippen LogP) is 4.99. The summed E-state index contributed by atoms with van der Waals surface area (Å²) in [6.07, 6.45) is -0.896. The normalized spacial score (nSPS) is 12.0. The average molecular weight is 353 g/mol. The first-order valence-corrected chi connectivity index (χ1v) is 7.95. The lowest BCUT2D eigenvalue weighted by atomic mass is 10.0. The van der Waals surface area contributed by atoms with E-state index in [-0.39, 0.29) is 6.42 Å². The SMILES string of the molecule is Cc1cc(C)c(C)c(OC(Cc2cccc(Cl)c2Cl)C(=O)O)c1. The van der Waals surface area contributed by atoms with Gasteiger partial charge in [-0.1, -0.05) is 41.4 Å². The Labute approximate surface area is 145 Å². The van der Waals surface area contributed by atoms with E-state index in [9.17, 15) is 9.90 Å². The molecule has 122 valence electrons. The Morgan fingerprint density at radius 1 is 1.22 bits per heavy atom. The van der Waals surface area contributed by atoms with Gasteiger partial charge >= 0.3 is 5.97 Å². The van der Waals surface area contributed by atoms with Crippen LogP contribution in [-0.4, -0.2) is 17.2 Å². The first kappa shape index (κ1) is 17.6. The summed E-state index contributed by atoms with van der Waals surface area (Å²) in [5.41, 5.74) is 3.66. The largest absolute Gasteiger partial charge is 0.478 e. The topological polar surface area (TPSA) is 46.5 Å². The molecule has 0 heterocycles. The second kappa shape index (κ2) is 7.24. The Hall–Kier alpha value is -1.71. The first-order valence-electron chi connectivity index (χ1n) is 7.19. The summed E-state index contributed by atoms with van der Waals surface area (Å²) in [5, 5.41) is 10.2. The van der Waals surface area contributed by atoms with E-state index < -0.39 is 12.1 Å². The number of carboxylic acids is 1. The lowest BCUT2D eigenvalue weighted by molar-refractivity contribution is -0.145. The second-order valence-electron chi connectivity index (χ2n) is 5.57. The summed E-state index contributed by atoms with van der Waals surface area (Å²) in [4.78, 5) is 11.6. The first-order chi connectivity index (χ1) is 10.8. The summed E-state index contributed by atoms with van der Waals surface area (Å²) < 4.78 is 5.77. The van der Waals surface area contributed by atoms with Crippen molar-refractivity contribution in [2.45, 2.75) is 33.3 Å². The zero-order valence-corrected chi connectivity index (χ0v) is 14.7. The Morgan fingerprint density at radius 2 is 1.91 bits per heavy atom. The zero-order valence-electron chi connectivity index (χ0n) is 13.2. The summed E-state index contributed by atoms with van der Waals surface area (Å²) in [6.45, 7) is 5.83. The van der Waals surface area contributed by atoms with Gasteiger partial charge in [-0.25, -0.2) is 4.79 Å². The van der Waals surface area contributed by atoms with Gasteiger partial charge in [0.25, 0.3) is 0 Å². The highest BCUT2D eigenvalue weighted by Gasteiger charge is 2.23. The molecule has 2 rings (SSSR count). The maximum absolute atomic E-state index is 11.6. The molecule has 0 radical (unpaired) electrons.